The standard InChI is InChI=1S/C26H30BrN3O6/c1-4-13-29(24(34)30-23(33)26(2,3)36-25(30)35)19-12-8-11-16-20(19)18(14-17(27)21(16)31)28-22(32)15-9-6-5-7-10-15/h8,11-12,14-15,31H,4-7,9-10,13H2,1-3H3,(H,28,32). The number of urea groups is 1. The number of hydrogen-bond donors (Lipinski definition) is 2. The Bertz CT molecular complexity index is 1240. The Labute approximate surface area is 217 Å². The predicted molar refractivity (Wildman–Crippen MR) is 139 cm³/mol. The lowest BCUT2D eigenvalue weighted by Crippen LogP contribution is -2.48. The van der Waals surface area contributed by atoms with Crippen molar-refractivity contribution >= 4 is 62.0 Å². The van der Waals surface area contributed by atoms with Crippen LogP contribution in [0.5, 0.6) is 5.75 Å². The van der Waals surface area contributed by atoms with Gasteiger partial charge < -0.3 is 15.2 Å². The van der Waals surface area contributed by atoms with Crippen LogP contribution in [-0.4, -0.2) is 46.1 Å². The van der Waals surface area contributed by atoms with Gasteiger partial charge in [-0.1, -0.05) is 38.3 Å². The number of hydrogen-bond acceptors (Lipinski definition) is 6. The highest BCUT2D eigenvalue weighted by molar-refractivity contribution is 9.10. The van der Waals surface area contributed by atoms with Crippen LogP contribution < -0.4 is 10.2 Å². The van der Waals surface area contributed by atoms with Crippen LogP contribution in [0.25, 0.3) is 10.8 Å². The SMILES string of the molecule is CCCN(C(=O)N1C(=O)OC(C)(C)C1=O)c1cccc2c(O)c(Br)cc(NC(=O)C3CCCCC3)c12. The van der Waals surface area contributed by atoms with Crippen LogP contribution in [0.4, 0.5) is 21.0 Å². The molecule has 0 bridgehead atoms. The Morgan fingerprint density at radius 1 is 1.22 bits per heavy atom. The average Bonchev–Trinajstić information content (AvgIpc) is 3.06. The first kappa shape index (κ1) is 25.9. The maximum Gasteiger partial charge on any atom is 0.426 e. The Kier molecular flexibility index (Phi) is 7.26. The van der Waals surface area contributed by atoms with Crippen LogP contribution in [-0.2, 0) is 14.3 Å². The first-order valence-electron chi connectivity index (χ1n) is 12.2. The minimum Gasteiger partial charge on any atom is -0.506 e. The van der Waals surface area contributed by atoms with Crippen molar-refractivity contribution in [1.29, 1.82) is 0 Å². The van der Waals surface area contributed by atoms with Crippen molar-refractivity contribution in [2.45, 2.75) is 64.9 Å². The third-order valence-corrected chi connectivity index (χ3v) is 7.31. The number of amides is 5. The number of phenolic OH excluding ortho intramolecular Hbond substituents is 1. The van der Waals surface area contributed by atoms with Gasteiger partial charge in [-0.05, 0) is 61.2 Å². The molecule has 10 heteroatoms. The van der Waals surface area contributed by atoms with Crippen LogP contribution in [0.15, 0.2) is 28.7 Å². The second kappa shape index (κ2) is 10.1. The van der Waals surface area contributed by atoms with E-state index in [1.165, 1.54) is 18.7 Å². The molecule has 1 saturated carbocycles. The van der Waals surface area contributed by atoms with Crippen molar-refractivity contribution in [2.75, 3.05) is 16.8 Å². The van der Waals surface area contributed by atoms with Gasteiger partial charge in [0.2, 0.25) is 5.91 Å². The number of nitrogens with one attached hydrogen (secondary N) is 1. The second-order valence-electron chi connectivity index (χ2n) is 9.73. The molecule has 5 amide bonds. The van der Waals surface area contributed by atoms with Crippen LogP contribution in [0.3, 0.4) is 0 Å². The summed E-state index contributed by atoms with van der Waals surface area (Å²) in [7, 11) is 0. The Morgan fingerprint density at radius 3 is 2.53 bits per heavy atom. The quantitative estimate of drug-likeness (QED) is 0.439. The van der Waals surface area contributed by atoms with Gasteiger partial charge in [0.1, 0.15) is 5.75 Å². The zero-order chi connectivity index (χ0) is 26.2. The minimum absolute atomic E-state index is 0.0517. The molecule has 1 aliphatic heterocycles. The fraction of sp³-hybridized carbons (Fsp3) is 0.462. The lowest BCUT2D eigenvalue weighted by atomic mass is 9.88. The van der Waals surface area contributed by atoms with E-state index in [-0.39, 0.29) is 24.1 Å². The summed E-state index contributed by atoms with van der Waals surface area (Å²) in [5.41, 5.74) is -0.678. The first-order valence-corrected chi connectivity index (χ1v) is 13.0. The summed E-state index contributed by atoms with van der Waals surface area (Å²) in [6.07, 6.45) is 4.22. The summed E-state index contributed by atoms with van der Waals surface area (Å²) in [6, 6.07) is 5.77. The summed E-state index contributed by atoms with van der Waals surface area (Å²) in [5, 5.41) is 14.7. The molecule has 1 heterocycles. The van der Waals surface area contributed by atoms with Gasteiger partial charge >= 0.3 is 12.1 Å². The molecule has 9 nitrogen and oxygen atoms in total. The maximum absolute atomic E-state index is 13.6. The summed E-state index contributed by atoms with van der Waals surface area (Å²) in [5.74, 6) is -1.03. The number of aromatic hydroxyl groups is 1. The monoisotopic (exact) mass is 559 g/mol. The molecule has 1 aliphatic carbocycles. The Hall–Kier alpha value is -3.14. The van der Waals surface area contributed by atoms with Crippen molar-refractivity contribution in [2.24, 2.45) is 5.92 Å². The van der Waals surface area contributed by atoms with E-state index in [9.17, 15) is 24.3 Å². The highest BCUT2D eigenvalue weighted by atomic mass is 79.9. The van der Waals surface area contributed by atoms with Gasteiger partial charge in [0.25, 0.3) is 5.91 Å². The fourth-order valence-electron chi connectivity index (χ4n) is 4.83. The summed E-state index contributed by atoms with van der Waals surface area (Å²) < 4.78 is 5.50. The summed E-state index contributed by atoms with van der Waals surface area (Å²) in [6.45, 7) is 4.90. The normalized spacial score (nSPS) is 17.8. The molecule has 2 N–H and O–H groups in total. The van der Waals surface area contributed by atoms with E-state index in [2.05, 4.69) is 21.2 Å². The van der Waals surface area contributed by atoms with Gasteiger partial charge in [0, 0.05) is 23.2 Å². The number of carbonyl (C=O) groups excluding carboxylic acids is 4. The molecule has 36 heavy (non-hydrogen) atoms. The molecule has 2 fully saturated rings. The first-order chi connectivity index (χ1) is 17.1. The Balaban J connectivity index is 1.82. The number of phenols is 1. The number of fused-ring (bicyclic) bond motifs is 1. The van der Waals surface area contributed by atoms with Gasteiger partial charge in [-0.2, -0.15) is 4.90 Å². The fourth-order valence-corrected chi connectivity index (χ4v) is 5.27. The van der Waals surface area contributed by atoms with Crippen LogP contribution in [0.2, 0.25) is 0 Å². The summed E-state index contributed by atoms with van der Waals surface area (Å²) >= 11 is 3.36. The highest BCUT2D eigenvalue weighted by Crippen LogP contribution is 2.43. The van der Waals surface area contributed by atoms with E-state index in [1.807, 2.05) is 6.92 Å². The molecule has 0 spiro atoms. The molecular formula is C26H30BrN3O6. The predicted octanol–water partition coefficient (Wildman–Crippen LogP) is 5.92. The van der Waals surface area contributed by atoms with E-state index in [0.29, 0.717) is 37.9 Å². The number of nitrogens with zero attached hydrogens (tertiary/aromatic N) is 2. The van der Waals surface area contributed by atoms with Gasteiger partial charge in [0.15, 0.2) is 5.60 Å². The molecule has 2 aliphatic rings. The number of ether oxygens (including phenoxy) is 1. The minimum atomic E-state index is -1.45. The Morgan fingerprint density at radius 2 is 1.92 bits per heavy atom. The molecule has 4 rings (SSSR count). The number of rotatable bonds is 5. The van der Waals surface area contributed by atoms with Crippen molar-refractivity contribution in [1.82, 2.24) is 4.90 Å². The molecule has 2 aromatic rings. The van der Waals surface area contributed by atoms with Crippen LogP contribution >= 0.6 is 15.9 Å². The van der Waals surface area contributed by atoms with Crippen molar-refractivity contribution in [3.63, 3.8) is 0 Å². The molecular weight excluding hydrogens is 530 g/mol. The van der Waals surface area contributed by atoms with E-state index >= 15 is 0 Å². The third-order valence-electron chi connectivity index (χ3n) is 6.70. The summed E-state index contributed by atoms with van der Waals surface area (Å²) in [4.78, 5) is 53.8. The van der Waals surface area contributed by atoms with Crippen LogP contribution in [0.1, 0.15) is 59.3 Å². The molecule has 2 aromatic carbocycles. The second-order valence-corrected chi connectivity index (χ2v) is 10.6. The van der Waals surface area contributed by atoms with Gasteiger partial charge in [0.05, 0.1) is 15.8 Å². The van der Waals surface area contributed by atoms with Gasteiger partial charge in [-0.25, -0.2) is 9.59 Å². The lowest BCUT2D eigenvalue weighted by molar-refractivity contribution is -0.132. The van der Waals surface area contributed by atoms with Crippen molar-refractivity contribution < 1.29 is 29.0 Å². The number of imide groups is 3. The van der Waals surface area contributed by atoms with Crippen molar-refractivity contribution in [3.8, 4) is 5.75 Å². The van der Waals surface area contributed by atoms with E-state index < -0.39 is 23.6 Å². The molecule has 0 radical (unpaired) electrons. The topological polar surface area (TPSA) is 116 Å². The number of halogens is 1. The zero-order valence-electron chi connectivity index (χ0n) is 20.6. The lowest BCUT2D eigenvalue weighted by Gasteiger charge is -2.28. The van der Waals surface area contributed by atoms with Crippen molar-refractivity contribution in [3.05, 3.63) is 28.7 Å². The number of cyclic esters (lactones) is 1. The molecule has 1 saturated heterocycles. The number of benzene rings is 2. The molecule has 0 atom stereocenters. The maximum atomic E-state index is 13.6. The van der Waals surface area contributed by atoms with E-state index in [0.717, 1.165) is 32.1 Å². The molecule has 0 aromatic heterocycles. The third kappa shape index (κ3) is 4.66. The van der Waals surface area contributed by atoms with E-state index in [4.69, 9.17) is 4.74 Å². The van der Waals surface area contributed by atoms with E-state index in [1.54, 1.807) is 24.3 Å². The van der Waals surface area contributed by atoms with Crippen LogP contribution in [0, 0.1) is 5.92 Å². The van der Waals surface area contributed by atoms with Gasteiger partial charge in [-0.15, -0.1) is 0 Å². The van der Waals surface area contributed by atoms with Gasteiger partial charge in [-0.3, -0.25) is 14.5 Å². The highest BCUT2D eigenvalue weighted by Gasteiger charge is 2.51. The average molecular weight is 560 g/mol. The number of anilines is 2. The number of carbonyl (C=O) groups is 4. The smallest absolute Gasteiger partial charge is 0.426 e. The molecule has 0 unspecified atom stereocenters. The molecule has 192 valence electrons. The zero-order valence-corrected chi connectivity index (χ0v) is 22.2. The largest absolute Gasteiger partial charge is 0.506 e.